The van der Waals surface area contributed by atoms with Gasteiger partial charge in [-0.25, -0.2) is 13.9 Å². The summed E-state index contributed by atoms with van der Waals surface area (Å²) in [5.41, 5.74) is 0.334. The first-order valence-corrected chi connectivity index (χ1v) is 9.68. The quantitative estimate of drug-likeness (QED) is 0.669. The molecule has 1 unspecified atom stereocenters. The van der Waals surface area contributed by atoms with Crippen LogP contribution in [0, 0.1) is 5.82 Å². The van der Waals surface area contributed by atoms with Crippen molar-refractivity contribution in [2.24, 2.45) is 0 Å². The zero-order valence-corrected chi connectivity index (χ0v) is 18.3. The highest BCUT2D eigenvalue weighted by Gasteiger charge is 2.52. The van der Waals surface area contributed by atoms with Crippen LogP contribution in [0.2, 0.25) is 0 Å². The average molecular weight is 465 g/mol. The molecule has 7 heteroatoms. The Morgan fingerprint density at radius 1 is 1.03 bits per heavy atom. The van der Waals surface area contributed by atoms with Gasteiger partial charge in [0.25, 0.3) is 11.6 Å². The van der Waals surface area contributed by atoms with Gasteiger partial charge in [0.2, 0.25) is 0 Å². The number of nitrogens with zero attached hydrogens (tertiary/aromatic N) is 2. The molecule has 0 spiro atoms. The van der Waals surface area contributed by atoms with Crippen LogP contribution < -0.4 is 31.4 Å². The van der Waals surface area contributed by atoms with Crippen molar-refractivity contribution in [1.82, 2.24) is 0 Å². The number of β-amino-alcohol motifs (C(OH)–C–C–N with tert-alkyl or cyclic N) is 1. The SMILES string of the molecule is COc1ccc(OC)c(N2CC(O)(c3ccc(F)cc3)[N+]3=C2CCCCC3)c1.[Br-]. The summed E-state index contributed by atoms with van der Waals surface area (Å²) < 4.78 is 26.6. The maximum Gasteiger partial charge on any atom is 0.271 e. The highest BCUT2D eigenvalue weighted by atomic mass is 79.9. The maximum atomic E-state index is 13.5. The molecule has 5 nitrogen and oxygen atoms in total. The third-order valence-electron chi connectivity index (χ3n) is 5.71. The summed E-state index contributed by atoms with van der Waals surface area (Å²) in [6, 6.07) is 11.8. The van der Waals surface area contributed by atoms with Crippen LogP contribution in [0.1, 0.15) is 31.2 Å². The van der Waals surface area contributed by atoms with Crippen LogP contribution in [0.15, 0.2) is 42.5 Å². The zero-order valence-electron chi connectivity index (χ0n) is 16.7. The number of methoxy groups -OCH3 is 2. The first-order chi connectivity index (χ1) is 13.6. The van der Waals surface area contributed by atoms with Gasteiger partial charge in [0, 0.05) is 18.1 Å². The Morgan fingerprint density at radius 3 is 2.48 bits per heavy atom. The van der Waals surface area contributed by atoms with Crippen LogP contribution in [0.25, 0.3) is 0 Å². The van der Waals surface area contributed by atoms with Gasteiger partial charge in [-0.2, -0.15) is 0 Å². The third kappa shape index (κ3) is 3.85. The minimum Gasteiger partial charge on any atom is -1.00 e. The molecule has 0 saturated carbocycles. The second-order valence-electron chi connectivity index (χ2n) is 7.33. The molecule has 2 aromatic carbocycles. The molecule has 156 valence electrons. The molecule has 1 atom stereocenters. The Morgan fingerprint density at radius 2 is 1.79 bits per heavy atom. The molecule has 0 amide bonds. The van der Waals surface area contributed by atoms with E-state index in [1.165, 1.54) is 12.1 Å². The zero-order chi connectivity index (χ0) is 19.7. The average Bonchev–Trinajstić information content (AvgIpc) is 2.87. The predicted octanol–water partition coefficient (Wildman–Crippen LogP) is 0.497. The Hall–Kier alpha value is -2.12. The maximum absolute atomic E-state index is 13.5. The molecule has 0 aliphatic carbocycles. The molecule has 0 aromatic heterocycles. The van der Waals surface area contributed by atoms with E-state index < -0.39 is 5.72 Å². The van der Waals surface area contributed by atoms with Crippen molar-refractivity contribution in [2.45, 2.75) is 31.4 Å². The summed E-state index contributed by atoms with van der Waals surface area (Å²) in [7, 11) is 3.28. The van der Waals surface area contributed by atoms with Crippen molar-refractivity contribution in [2.75, 3.05) is 32.2 Å². The molecular weight excluding hydrogens is 439 g/mol. The van der Waals surface area contributed by atoms with Crippen molar-refractivity contribution in [1.29, 1.82) is 0 Å². The molecule has 2 aliphatic rings. The fraction of sp³-hybridized carbons (Fsp3) is 0.409. The first kappa shape index (κ1) is 21.6. The lowest BCUT2D eigenvalue weighted by molar-refractivity contribution is -0.658. The lowest BCUT2D eigenvalue weighted by Crippen LogP contribution is -3.00. The molecule has 0 fully saturated rings. The van der Waals surface area contributed by atoms with Gasteiger partial charge >= 0.3 is 0 Å². The Labute approximate surface area is 181 Å². The fourth-order valence-corrected chi connectivity index (χ4v) is 4.27. The van der Waals surface area contributed by atoms with E-state index in [4.69, 9.17) is 9.47 Å². The predicted molar refractivity (Wildman–Crippen MR) is 106 cm³/mol. The van der Waals surface area contributed by atoms with E-state index in [1.807, 2.05) is 18.2 Å². The fourth-order valence-electron chi connectivity index (χ4n) is 4.27. The Balaban J connectivity index is 0.00000240. The van der Waals surface area contributed by atoms with Gasteiger partial charge in [-0.05, 0) is 55.7 Å². The van der Waals surface area contributed by atoms with Crippen LogP contribution in [0.4, 0.5) is 10.1 Å². The molecule has 2 aromatic rings. The van der Waals surface area contributed by atoms with Crippen LogP contribution in [0.5, 0.6) is 11.5 Å². The van der Waals surface area contributed by atoms with Crippen LogP contribution >= 0.6 is 0 Å². The number of amidine groups is 1. The first-order valence-electron chi connectivity index (χ1n) is 9.68. The summed E-state index contributed by atoms with van der Waals surface area (Å²) in [5, 5.41) is 11.8. The highest BCUT2D eigenvalue weighted by molar-refractivity contribution is 5.97. The van der Waals surface area contributed by atoms with Gasteiger partial charge in [-0.1, -0.05) is 0 Å². The van der Waals surface area contributed by atoms with Crippen LogP contribution in [-0.4, -0.2) is 42.8 Å². The summed E-state index contributed by atoms with van der Waals surface area (Å²) in [4.78, 5) is 2.12. The van der Waals surface area contributed by atoms with Gasteiger partial charge in [0.15, 0.2) is 18.0 Å². The van der Waals surface area contributed by atoms with Gasteiger partial charge in [-0.15, -0.1) is 0 Å². The minimum atomic E-state index is -1.22. The highest BCUT2D eigenvalue weighted by Crippen LogP contribution is 2.40. The molecule has 1 N–H and O–H groups in total. The summed E-state index contributed by atoms with van der Waals surface area (Å²) in [6.45, 7) is 1.10. The molecule has 2 heterocycles. The number of ether oxygens (including phenoxy) is 2. The smallest absolute Gasteiger partial charge is 0.271 e. The number of hydrogen-bond acceptors (Lipinski definition) is 4. The summed E-state index contributed by atoms with van der Waals surface area (Å²) >= 11 is 0. The van der Waals surface area contributed by atoms with Gasteiger partial charge in [0.1, 0.15) is 11.6 Å². The molecule has 0 saturated heterocycles. The van der Waals surface area contributed by atoms with Crippen molar-refractivity contribution in [3.05, 3.63) is 53.8 Å². The largest absolute Gasteiger partial charge is 1.00 e. The van der Waals surface area contributed by atoms with E-state index in [1.54, 1.807) is 26.4 Å². The Kier molecular flexibility index (Phi) is 6.49. The summed E-state index contributed by atoms with van der Waals surface area (Å²) in [5.74, 6) is 2.21. The number of hydrogen-bond donors (Lipinski definition) is 1. The van der Waals surface area contributed by atoms with Crippen molar-refractivity contribution in [3.8, 4) is 11.5 Å². The summed E-state index contributed by atoms with van der Waals surface area (Å²) in [6.07, 6.45) is 4.05. The molecule has 0 radical (unpaired) electrons. The van der Waals surface area contributed by atoms with Crippen molar-refractivity contribution in [3.63, 3.8) is 0 Å². The van der Waals surface area contributed by atoms with E-state index in [-0.39, 0.29) is 22.8 Å². The van der Waals surface area contributed by atoms with E-state index in [2.05, 4.69) is 9.48 Å². The number of anilines is 1. The van der Waals surface area contributed by atoms with Crippen molar-refractivity contribution < 1.29 is 40.5 Å². The second kappa shape index (κ2) is 8.71. The van der Waals surface area contributed by atoms with Gasteiger partial charge < -0.3 is 31.6 Å². The molecule has 4 rings (SSSR count). The van der Waals surface area contributed by atoms with Crippen molar-refractivity contribution >= 4 is 11.5 Å². The molecular formula is C22H26BrFN2O3. The van der Waals surface area contributed by atoms with E-state index in [0.717, 1.165) is 55.3 Å². The second-order valence-corrected chi connectivity index (χ2v) is 7.33. The van der Waals surface area contributed by atoms with Gasteiger partial charge in [-0.3, -0.25) is 0 Å². The number of aliphatic hydroxyl groups is 1. The molecule has 2 aliphatic heterocycles. The third-order valence-corrected chi connectivity index (χ3v) is 5.71. The van der Waals surface area contributed by atoms with Gasteiger partial charge in [0.05, 0.1) is 20.8 Å². The normalized spacial score (nSPS) is 21.3. The van der Waals surface area contributed by atoms with E-state index in [0.29, 0.717) is 12.1 Å². The van der Waals surface area contributed by atoms with Crippen LogP contribution in [-0.2, 0) is 5.72 Å². The van der Waals surface area contributed by atoms with E-state index in [9.17, 15) is 9.50 Å². The Bertz CT molecular complexity index is 903. The molecule has 0 bridgehead atoms. The standard InChI is InChI=1S/C22H26FN2O3.BrH/c1-27-18-11-12-20(28-2)19(14-18)24-15-22(26,16-7-9-17(23)10-8-16)25-13-5-3-4-6-21(24)25;/h7-12,14,26H,3-6,13,15H2,1-2H3;1H/q+1;/p-1. The lowest BCUT2D eigenvalue weighted by atomic mass is 10.0. The van der Waals surface area contributed by atoms with Crippen LogP contribution in [0.3, 0.4) is 0 Å². The number of benzene rings is 2. The minimum absolute atomic E-state index is 0. The van der Waals surface area contributed by atoms with E-state index >= 15 is 0 Å². The number of rotatable bonds is 4. The lowest BCUT2D eigenvalue weighted by Gasteiger charge is -2.23. The monoisotopic (exact) mass is 464 g/mol. The number of halogens is 2. The molecule has 29 heavy (non-hydrogen) atoms. The topological polar surface area (TPSA) is 44.9 Å².